The number of aliphatic hydroxyl groups is 3. The van der Waals surface area contributed by atoms with Crippen molar-refractivity contribution in [3.63, 3.8) is 0 Å². The molecule has 0 aromatic carbocycles. The second kappa shape index (κ2) is 30.5. The third kappa shape index (κ3) is 23.1. The number of rotatable bonds is 27. The Labute approximate surface area is 357 Å². The van der Waals surface area contributed by atoms with E-state index < -0.39 is 49.5 Å². The van der Waals surface area contributed by atoms with Crippen LogP contribution < -0.4 is 42.5 Å². The summed E-state index contributed by atoms with van der Waals surface area (Å²) in [5.41, 5.74) is 0. The van der Waals surface area contributed by atoms with E-state index in [1.807, 2.05) is 0 Å². The van der Waals surface area contributed by atoms with Gasteiger partial charge in [-0.1, -0.05) is 89.9 Å². The number of amides is 4. The molecule has 348 valence electrons. The van der Waals surface area contributed by atoms with E-state index >= 15 is 0 Å². The number of nitrogens with one attached hydrogen (secondary N) is 8. The lowest BCUT2D eigenvalue weighted by atomic mass is 9.96. The molecule has 60 heavy (non-hydrogen) atoms. The SMILES string of the molecule is O=C(NCCCCCCNC(O)NC(COC(=O)NC1CCCCC1)COC(O)NC1CCCCC1)NC(COC(=O)NC1CCCCC1)COC(O)NC1CCCCC1. The van der Waals surface area contributed by atoms with Crippen LogP contribution in [0.2, 0.25) is 0 Å². The van der Waals surface area contributed by atoms with E-state index in [1.54, 1.807) is 0 Å². The number of carbonyl (C=O) groups excluding carboxylic acids is 3. The van der Waals surface area contributed by atoms with Crippen LogP contribution in [0.4, 0.5) is 14.4 Å². The van der Waals surface area contributed by atoms with Crippen LogP contribution in [0, 0.1) is 0 Å². The van der Waals surface area contributed by atoms with Gasteiger partial charge in [-0.15, -0.1) is 0 Å². The van der Waals surface area contributed by atoms with Crippen LogP contribution in [0.1, 0.15) is 154 Å². The van der Waals surface area contributed by atoms with E-state index in [-0.39, 0.29) is 50.6 Å². The smallest absolute Gasteiger partial charge is 0.407 e. The van der Waals surface area contributed by atoms with Gasteiger partial charge in [-0.2, -0.15) is 0 Å². The summed E-state index contributed by atoms with van der Waals surface area (Å²) in [7, 11) is 0. The first-order valence-electron chi connectivity index (χ1n) is 23.4. The Balaban J connectivity index is 1.10. The van der Waals surface area contributed by atoms with Crippen LogP contribution >= 0.6 is 0 Å². The highest BCUT2D eigenvalue weighted by atomic mass is 16.6. The number of urea groups is 1. The van der Waals surface area contributed by atoms with E-state index in [0.717, 1.165) is 128 Å². The molecule has 0 aromatic rings. The Hall–Kier alpha value is -2.55. The molecule has 4 rings (SSSR count). The molecule has 4 fully saturated rings. The summed E-state index contributed by atoms with van der Waals surface area (Å²) in [5.74, 6) is 0. The predicted octanol–water partition coefficient (Wildman–Crippen LogP) is 3.59. The van der Waals surface area contributed by atoms with E-state index in [9.17, 15) is 29.7 Å². The van der Waals surface area contributed by atoms with Gasteiger partial charge in [0.15, 0.2) is 6.35 Å². The minimum absolute atomic E-state index is 0.00698. The Morgan fingerprint density at radius 1 is 0.500 bits per heavy atom. The van der Waals surface area contributed by atoms with Gasteiger partial charge in [0.1, 0.15) is 13.2 Å². The van der Waals surface area contributed by atoms with E-state index in [4.69, 9.17) is 18.9 Å². The largest absolute Gasteiger partial charge is 0.448 e. The molecule has 4 aliphatic carbocycles. The number of carbonyl (C=O) groups is 3. The van der Waals surface area contributed by atoms with Gasteiger partial charge < -0.3 is 55.5 Å². The first-order chi connectivity index (χ1) is 29.2. The molecule has 4 amide bonds. The first kappa shape index (κ1) is 50.1. The van der Waals surface area contributed by atoms with E-state index in [1.165, 1.54) is 25.7 Å². The molecule has 0 aromatic heterocycles. The van der Waals surface area contributed by atoms with Gasteiger partial charge in [-0.25, -0.2) is 14.4 Å². The van der Waals surface area contributed by atoms with Crippen LogP contribution in [0.3, 0.4) is 0 Å². The lowest BCUT2D eigenvalue weighted by Crippen LogP contribution is -2.52. The van der Waals surface area contributed by atoms with Crippen molar-refractivity contribution >= 4 is 18.2 Å². The second-order valence-corrected chi connectivity index (χ2v) is 17.3. The quantitative estimate of drug-likeness (QED) is 0.0418. The highest BCUT2D eigenvalue weighted by molar-refractivity contribution is 5.74. The Bertz CT molecular complexity index is 1160. The first-order valence-corrected chi connectivity index (χ1v) is 23.4. The summed E-state index contributed by atoms with van der Waals surface area (Å²) in [5, 5.41) is 55.4. The Morgan fingerprint density at radius 3 is 1.40 bits per heavy atom. The summed E-state index contributed by atoms with van der Waals surface area (Å²) in [4.78, 5) is 37.8. The lowest BCUT2D eigenvalue weighted by molar-refractivity contribution is -0.137. The molecule has 0 saturated heterocycles. The molecule has 18 nitrogen and oxygen atoms in total. The van der Waals surface area contributed by atoms with Crippen LogP contribution in [0.5, 0.6) is 0 Å². The average molecular weight is 857 g/mol. The van der Waals surface area contributed by atoms with E-state index in [0.29, 0.717) is 13.1 Å². The third-order valence-corrected chi connectivity index (χ3v) is 12.0. The third-order valence-electron chi connectivity index (χ3n) is 12.0. The molecule has 4 aliphatic rings. The van der Waals surface area contributed by atoms with Crippen molar-refractivity contribution in [3.8, 4) is 0 Å². The molecule has 0 radical (unpaired) electrons. The monoisotopic (exact) mass is 857 g/mol. The zero-order valence-electron chi connectivity index (χ0n) is 36.1. The fourth-order valence-electron chi connectivity index (χ4n) is 8.55. The van der Waals surface area contributed by atoms with Gasteiger partial charge in [0.2, 0.25) is 12.8 Å². The van der Waals surface area contributed by atoms with Gasteiger partial charge in [0.05, 0.1) is 25.3 Å². The van der Waals surface area contributed by atoms with Gasteiger partial charge in [0.25, 0.3) is 0 Å². The van der Waals surface area contributed by atoms with Crippen molar-refractivity contribution in [2.24, 2.45) is 0 Å². The van der Waals surface area contributed by atoms with Crippen molar-refractivity contribution in [2.45, 2.75) is 210 Å². The molecule has 18 heteroatoms. The van der Waals surface area contributed by atoms with Crippen LogP contribution in [0.25, 0.3) is 0 Å². The van der Waals surface area contributed by atoms with Gasteiger partial charge in [-0.05, 0) is 70.8 Å². The van der Waals surface area contributed by atoms with Crippen molar-refractivity contribution in [1.29, 1.82) is 0 Å². The highest BCUT2D eigenvalue weighted by Gasteiger charge is 2.24. The molecule has 4 saturated carbocycles. The minimum Gasteiger partial charge on any atom is -0.448 e. The zero-order chi connectivity index (χ0) is 42.6. The summed E-state index contributed by atoms with van der Waals surface area (Å²) >= 11 is 0. The predicted molar refractivity (Wildman–Crippen MR) is 226 cm³/mol. The van der Waals surface area contributed by atoms with Crippen molar-refractivity contribution in [2.75, 3.05) is 39.5 Å². The topological polar surface area (TPSA) is 245 Å². The molecule has 0 spiro atoms. The van der Waals surface area contributed by atoms with Gasteiger partial charge in [0, 0.05) is 30.7 Å². The van der Waals surface area contributed by atoms with E-state index in [2.05, 4.69) is 42.5 Å². The van der Waals surface area contributed by atoms with Crippen LogP contribution in [-0.4, -0.2) is 128 Å². The molecule has 11 N–H and O–H groups in total. The summed E-state index contributed by atoms with van der Waals surface area (Å²) in [6, 6.07) is -1.09. The maximum atomic E-state index is 12.8. The molecular weight excluding hydrogens is 777 g/mol. The number of alkyl carbamates (subject to hydrolysis) is 2. The number of hydrogen-bond acceptors (Lipinski definition) is 14. The Kier molecular flexibility index (Phi) is 25.5. The number of aliphatic hydroxyl groups excluding tert-OH is 3. The van der Waals surface area contributed by atoms with Crippen molar-refractivity contribution < 1.29 is 48.7 Å². The fourth-order valence-corrected chi connectivity index (χ4v) is 8.55. The van der Waals surface area contributed by atoms with Crippen LogP contribution in [-0.2, 0) is 18.9 Å². The van der Waals surface area contributed by atoms with Crippen LogP contribution in [0.15, 0.2) is 0 Å². The molecule has 0 bridgehead atoms. The number of hydrogen-bond donors (Lipinski definition) is 11. The normalized spacial score (nSPS) is 21.2. The fraction of sp³-hybridized carbons (Fsp3) is 0.929. The molecule has 0 aliphatic heterocycles. The summed E-state index contributed by atoms with van der Waals surface area (Å²) in [6.45, 7) is 0.753. The molecule has 0 heterocycles. The summed E-state index contributed by atoms with van der Waals surface area (Å²) < 4.78 is 22.2. The van der Waals surface area contributed by atoms with Gasteiger partial charge >= 0.3 is 18.2 Å². The molecule has 5 atom stereocenters. The average Bonchev–Trinajstić information content (AvgIpc) is 3.25. The molecule has 5 unspecified atom stereocenters. The standard InChI is InChI=1S/C42H80N8O10/c51-37(45-35(27-57-39(53)47-31-17-7-3-8-18-31)28-58-40(54)48-32-19-9-4-10-20-32)43-25-15-1-2-16-26-44-38(52)46-36(29-59-41(55)49-33-21-11-5-12-22-33)30-60-42(56)50-34-23-13-6-14-24-34/h31-37,39,41,43,45,47,49,51,53,55H,1-30H2,(H,48,54)(H,50,56)(H2,44,46,52). The highest BCUT2D eigenvalue weighted by Crippen LogP contribution is 2.20. The van der Waals surface area contributed by atoms with Gasteiger partial charge in [-0.3, -0.25) is 21.3 Å². The maximum absolute atomic E-state index is 12.8. The molecular formula is C42H80N8O10. The number of unbranched alkanes of at least 4 members (excludes halogenated alkanes) is 3. The maximum Gasteiger partial charge on any atom is 0.407 e. The van der Waals surface area contributed by atoms with Crippen molar-refractivity contribution in [3.05, 3.63) is 0 Å². The Morgan fingerprint density at radius 2 is 0.917 bits per heavy atom. The zero-order valence-corrected chi connectivity index (χ0v) is 36.1. The van der Waals surface area contributed by atoms with Crippen molar-refractivity contribution in [1.82, 2.24) is 42.5 Å². The second-order valence-electron chi connectivity index (χ2n) is 17.3. The lowest BCUT2D eigenvalue weighted by Gasteiger charge is -2.28. The minimum atomic E-state index is -1.19. The number of ether oxygens (including phenoxy) is 4. The summed E-state index contributed by atoms with van der Waals surface area (Å²) in [6.07, 6.45) is 19.9.